The second-order valence-electron chi connectivity index (χ2n) is 7.89. The number of hydrogen-bond acceptors (Lipinski definition) is 7. The number of benzene rings is 2. The molecule has 1 aromatic heterocycles. The van der Waals surface area contributed by atoms with Gasteiger partial charge in [0.05, 0.1) is 7.11 Å². The van der Waals surface area contributed by atoms with Crippen molar-refractivity contribution in [3.63, 3.8) is 0 Å². The molecular formula is C24H26N4O5S2. The second-order valence-corrected chi connectivity index (χ2v) is 11.0. The van der Waals surface area contributed by atoms with E-state index in [0.717, 1.165) is 26.8 Å². The van der Waals surface area contributed by atoms with Gasteiger partial charge in [-0.2, -0.15) is 4.31 Å². The smallest absolute Gasteiger partial charge is 0.259 e. The highest BCUT2D eigenvalue weighted by molar-refractivity contribution is 7.91. The highest BCUT2D eigenvalue weighted by Gasteiger charge is 2.46. The number of sulfonamides is 1. The molecule has 1 aliphatic rings. The van der Waals surface area contributed by atoms with Crippen LogP contribution >= 0.6 is 11.3 Å². The Hall–Kier alpha value is -3.25. The maximum atomic E-state index is 13.4. The first-order valence-electron chi connectivity index (χ1n) is 10.9. The first-order chi connectivity index (χ1) is 16.8. The molecule has 2 aromatic carbocycles. The van der Waals surface area contributed by atoms with E-state index in [9.17, 15) is 18.0 Å². The topological polar surface area (TPSA) is 122 Å². The predicted molar refractivity (Wildman–Crippen MR) is 132 cm³/mol. The van der Waals surface area contributed by atoms with Crippen molar-refractivity contribution >= 4 is 33.2 Å². The third-order valence-corrected chi connectivity index (χ3v) is 8.92. The normalized spacial score (nSPS) is 16.3. The highest BCUT2D eigenvalue weighted by Crippen LogP contribution is 2.29. The molecule has 2 heterocycles. The summed E-state index contributed by atoms with van der Waals surface area (Å²) < 4.78 is 33.1. The van der Waals surface area contributed by atoms with Crippen molar-refractivity contribution < 1.29 is 22.7 Å². The van der Waals surface area contributed by atoms with E-state index in [1.165, 1.54) is 18.1 Å². The summed E-state index contributed by atoms with van der Waals surface area (Å²) in [5.41, 5.74) is 7.73. The number of thiophene rings is 1. The number of ether oxygens (including phenoxy) is 1. The van der Waals surface area contributed by atoms with E-state index in [1.807, 2.05) is 24.3 Å². The molecule has 2 amide bonds. The fourth-order valence-electron chi connectivity index (χ4n) is 3.94. The van der Waals surface area contributed by atoms with Crippen molar-refractivity contribution in [2.24, 2.45) is 5.73 Å². The summed E-state index contributed by atoms with van der Waals surface area (Å²) in [6, 6.07) is 17.1. The lowest BCUT2D eigenvalue weighted by Gasteiger charge is -2.28. The van der Waals surface area contributed by atoms with E-state index in [0.29, 0.717) is 17.9 Å². The lowest BCUT2D eigenvalue weighted by atomic mass is 10.1. The van der Waals surface area contributed by atoms with Crippen LogP contribution in [0.5, 0.6) is 5.75 Å². The lowest BCUT2D eigenvalue weighted by molar-refractivity contribution is -0.127. The lowest BCUT2D eigenvalue weighted by Crippen LogP contribution is -2.53. The minimum atomic E-state index is -3.99. The van der Waals surface area contributed by atoms with Crippen LogP contribution in [0.2, 0.25) is 0 Å². The maximum Gasteiger partial charge on any atom is 0.259 e. The Labute approximate surface area is 208 Å². The van der Waals surface area contributed by atoms with Crippen molar-refractivity contribution in [2.45, 2.75) is 23.5 Å². The Morgan fingerprint density at radius 1 is 1.09 bits per heavy atom. The fraction of sp³-hybridized carbons (Fsp3) is 0.250. The summed E-state index contributed by atoms with van der Waals surface area (Å²) in [5, 5.41) is 4.45. The van der Waals surface area contributed by atoms with Crippen LogP contribution in [0.1, 0.15) is 21.5 Å². The standard InChI is InChI=1S/C24H26N4O5S2/c1-33-20-8-3-7-19(14-20)24(30)27-10-11-28(35(31,32)21-9-4-12-34-21)23(27)22(29)26-16-18-6-2-5-17(13-18)15-25/h2-9,12-14,23H,10-11,15-16,25H2,1H3,(H,26,29). The molecule has 1 unspecified atom stereocenters. The molecule has 1 saturated heterocycles. The van der Waals surface area contributed by atoms with E-state index < -0.39 is 28.0 Å². The molecule has 1 fully saturated rings. The van der Waals surface area contributed by atoms with Gasteiger partial charge in [-0.25, -0.2) is 8.42 Å². The molecule has 0 spiro atoms. The third kappa shape index (κ3) is 5.22. The molecule has 1 aliphatic heterocycles. The first-order valence-corrected chi connectivity index (χ1v) is 13.2. The number of nitrogens with two attached hydrogens (primary N) is 1. The van der Waals surface area contributed by atoms with E-state index in [2.05, 4.69) is 5.32 Å². The van der Waals surface area contributed by atoms with Crippen LogP contribution in [0, 0.1) is 0 Å². The fourth-order valence-corrected chi connectivity index (χ4v) is 6.60. The number of hydrogen-bond donors (Lipinski definition) is 2. The van der Waals surface area contributed by atoms with Gasteiger partial charge in [0.1, 0.15) is 9.96 Å². The molecular weight excluding hydrogens is 488 g/mol. The summed E-state index contributed by atoms with van der Waals surface area (Å²) in [7, 11) is -2.50. The maximum absolute atomic E-state index is 13.4. The average Bonchev–Trinajstić information content (AvgIpc) is 3.58. The Kier molecular flexibility index (Phi) is 7.51. The summed E-state index contributed by atoms with van der Waals surface area (Å²) >= 11 is 1.06. The molecule has 3 aromatic rings. The van der Waals surface area contributed by atoms with Gasteiger partial charge >= 0.3 is 0 Å². The van der Waals surface area contributed by atoms with Gasteiger partial charge in [0.2, 0.25) is 0 Å². The van der Waals surface area contributed by atoms with Gasteiger partial charge in [0.15, 0.2) is 6.17 Å². The molecule has 35 heavy (non-hydrogen) atoms. The van der Waals surface area contributed by atoms with Crippen molar-refractivity contribution in [3.05, 3.63) is 82.7 Å². The summed E-state index contributed by atoms with van der Waals surface area (Å²) in [6.45, 7) is 0.593. The Morgan fingerprint density at radius 2 is 1.86 bits per heavy atom. The second kappa shape index (κ2) is 10.6. The van der Waals surface area contributed by atoms with E-state index in [1.54, 1.807) is 35.7 Å². The number of methoxy groups -OCH3 is 1. The monoisotopic (exact) mass is 514 g/mol. The largest absolute Gasteiger partial charge is 0.497 e. The zero-order valence-corrected chi connectivity index (χ0v) is 20.7. The van der Waals surface area contributed by atoms with Crippen molar-refractivity contribution in [3.8, 4) is 5.75 Å². The molecule has 3 N–H and O–H groups in total. The van der Waals surface area contributed by atoms with Crippen LogP contribution in [0.25, 0.3) is 0 Å². The van der Waals surface area contributed by atoms with Crippen LogP contribution in [0.4, 0.5) is 0 Å². The van der Waals surface area contributed by atoms with Crippen molar-refractivity contribution in [1.29, 1.82) is 0 Å². The van der Waals surface area contributed by atoms with Gasteiger partial charge < -0.3 is 20.7 Å². The first kappa shape index (κ1) is 24.9. The molecule has 0 radical (unpaired) electrons. The van der Waals surface area contributed by atoms with Crippen LogP contribution in [-0.4, -0.2) is 55.8 Å². The molecule has 0 bridgehead atoms. The van der Waals surface area contributed by atoms with Gasteiger partial charge in [-0.1, -0.05) is 36.4 Å². The Morgan fingerprint density at radius 3 is 2.57 bits per heavy atom. The summed E-state index contributed by atoms with van der Waals surface area (Å²) in [6.07, 6.45) is -1.33. The van der Waals surface area contributed by atoms with Gasteiger partial charge in [-0.05, 0) is 40.8 Å². The van der Waals surface area contributed by atoms with Crippen LogP contribution < -0.4 is 15.8 Å². The van der Waals surface area contributed by atoms with Crippen molar-refractivity contribution in [2.75, 3.05) is 20.2 Å². The minimum absolute atomic E-state index is 0.00329. The average molecular weight is 515 g/mol. The van der Waals surface area contributed by atoms with Gasteiger partial charge in [0.25, 0.3) is 21.8 Å². The van der Waals surface area contributed by atoms with Crippen LogP contribution in [-0.2, 0) is 27.9 Å². The molecule has 11 heteroatoms. The molecule has 9 nitrogen and oxygen atoms in total. The number of carbonyl (C=O) groups is 2. The number of rotatable bonds is 8. The van der Waals surface area contributed by atoms with E-state index in [4.69, 9.17) is 10.5 Å². The van der Waals surface area contributed by atoms with Gasteiger partial charge in [-0.3, -0.25) is 9.59 Å². The summed E-state index contributed by atoms with van der Waals surface area (Å²) in [5.74, 6) is -0.561. The number of nitrogens with one attached hydrogen (secondary N) is 1. The highest BCUT2D eigenvalue weighted by atomic mass is 32.2. The van der Waals surface area contributed by atoms with E-state index >= 15 is 0 Å². The van der Waals surface area contributed by atoms with Gasteiger partial charge in [-0.15, -0.1) is 11.3 Å². The molecule has 4 rings (SSSR count). The van der Waals surface area contributed by atoms with Crippen LogP contribution in [0.15, 0.2) is 70.3 Å². The quantitative estimate of drug-likeness (QED) is 0.474. The predicted octanol–water partition coefficient (Wildman–Crippen LogP) is 2.00. The zero-order valence-electron chi connectivity index (χ0n) is 19.1. The molecule has 184 valence electrons. The number of nitrogens with zero attached hydrogens (tertiary/aromatic N) is 2. The minimum Gasteiger partial charge on any atom is -0.497 e. The van der Waals surface area contributed by atoms with Crippen molar-refractivity contribution in [1.82, 2.24) is 14.5 Å². The number of amides is 2. The zero-order chi connectivity index (χ0) is 25.0. The molecule has 0 saturated carbocycles. The Bertz CT molecular complexity index is 1310. The third-order valence-electron chi connectivity index (χ3n) is 5.69. The molecule has 0 aliphatic carbocycles. The SMILES string of the molecule is COc1cccc(C(=O)N2CCN(S(=O)(=O)c3cccs3)C2C(=O)NCc2cccc(CN)c2)c1. The van der Waals surface area contributed by atoms with Crippen LogP contribution in [0.3, 0.4) is 0 Å². The number of carbonyl (C=O) groups excluding carboxylic acids is 2. The Balaban J connectivity index is 1.64. The molecule has 1 atom stereocenters. The summed E-state index contributed by atoms with van der Waals surface area (Å²) in [4.78, 5) is 28.1. The van der Waals surface area contributed by atoms with Gasteiger partial charge in [0, 0.05) is 31.7 Å². The van der Waals surface area contributed by atoms with E-state index in [-0.39, 0.29) is 23.8 Å².